The molecule has 2 aromatic rings. The summed E-state index contributed by atoms with van der Waals surface area (Å²) in [5.74, 6) is -0.697. The second kappa shape index (κ2) is 4.64. The van der Waals surface area contributed by atoms with E-state index in [4.69, 9.17) is 4.74 Å². The molecule has 0 aliphatic carbocycles. The quantitative estimate of drug-likeness (QED) is 0.598. The highest BCUT2D eigenvalue weighted by atomic mass is 19.4. The highest BCUT2D eigenvalue weighted by Gasteiger charge is 2.30. The summed E-state index contributed by atoms with van der Waals surface area (Å²) in [6.07, 6.45) is -3.28. The van der Waals surface area contributed by atoms with Crippen LogP contribution in [0.1, 0.15) is 5.56 Å². The molecule has 2 rings (SSSR count). The molecule has 1 aromatic carbocycles. The number of rotatable bonds is 2. The van der Waals surface area contributed by atoms with Gasteiger partial charge < -0.3 is 4.74 Å². The van der Waals surface area contributed by atoms with E-state index in [0.717, 1.165) is 24.4 Å². The first-order valence-corrected chi connectivity index (χ1v) is 4.92. The Hall–Kier alpha value is -2.11. The molecule has 0 saturated carbocycles. The Morgan fingerprint density at radius 2 is 1.72 bits per heavy atom. The van der Waals surface area contributed by atoms with Crippen LogP contribution in [0.5, 0.6) is 11.5 Å². The van der Waals surface area contributed by atoms with Crippen molar-refractivity contribution < 1.29 is 22.3 Å². The number of nitrogens with zero attached hydrogens (tertiary/aromatic N) is 1. The van der Waals surface area contributed by atoms with Gasteiger partial charge in [0, 0.05) is 12.3 Å². The fraction of sp³-hybridized carbons (Fsp3) is 0.0833. The van der Waals surface area contributed by atoms with Gasteiger partial charge >= 0.3 is 6.18 Å². The SMILES string of the molecule is Fc1cc(Oc2cccc(C(F)(F)F)c2)ccn1. The highest BCUT2D eigenvalue weighted by molar-refractivity contribution is 5.34. The average Bonchev–Trinajstić information content (AvgIpc) is 2.28. The van der Waals surface area contributed by atoms with Gasteiger partial charge in [0.2, 0.25) is 5.95 Å². The van der Waals surface area contributed by atoms with Gasteiger partial charge in [-0.1, -0.05) is 6.07 Å². The van der Waals surface area contributed by atoms with Gasteiger partial charge in [-0.25, -0.2) is 4.98 Å². The lowest BCUT2D eigenvalue weighted by molar-refractivity contribution is -0.137. The van der Waals surface area contributed by atoms with Crippen LogP contribution in [0.25, 0.3) is 0 Å². The molecule has 0 saturated heterocycles. The van der Waals surface area contributed by atoms with Crippen LogP contribution in [0.3, 0.4) is 0 Å². The van der Waals surface area contributed by atoms with Crippen molar-refractivity contribution in [2.75, 3.05) is 0 Å². The zero-order chi connectivity index (χ0) is 13.2. The molecule has 6 heteroatoms. The Balaban J connectivity index is 2.25. The topological polar surface area (TPSA) is 22.1 Å². The molecule has 0 amide bonds. The van der Waals surface area contributed by atoms with E-state index < -0.39 is 17.7 Å². The minimum absolute atomic E-state index is 0.0181. The van der Waals surface area contributed by atoms with Gasteiger partial charge in [0.25, 0.3) is 0 Å². The molecule has 18 heavy (non-hydrogen) atoms. The van der Waals surface area contributed by atoms with E-state index in [1.54, 1.807) is 0 Å². The third-order valence-electron chi connectivity index (χ3n) is 2.10. The average molecular weight is 257 g/mol. The van der Waals surface area contributed by atoms with Crippen LogP contribution in [-0.2, 0) is 6.18 Å². The predicted octanol–water partition coefficient (Wildman–Crippen LogP) is 4.03. The number of aromatic nitrogens is 1. The lowest BCUT2D eigenvalue weighted by Gasteiger charge is -2.09. The van der Waals surface area contributed by atoms with Crippen molar-refractivity contribution in [3.8, 4) is 11.5 Å². The summed E-state index contributed by atoms with van der Waals surface area (Å²) >= 11 is 0. The van der Waals surface area contributed by atoms with E-state index in [9.17, 15) is 17.6 Å². The monoisotopic (exact) mass is 257 g/mol. The fourth-order valence-corrected chi connectivity index (χ4v) is 1.32. The van der Waals surface area contributed by atoms with E-state index >= 15 is 0 Å². The molecule has 0 aliphatic rings. The molecule has 0 N–H and O–H groups in total. The van der Waals surface area contributed by atoms with Gasteiger partial charge in [0.15, 0.2) is 0 Å². The molecule has 0 unspecified atom stereocenters. The molecule has 0 atom stereocenters. The predicted molar refractivity (Wildman–Crippen MR) is 55.7 cm³/mol. The minimum atomic E-state index is -4.44. The summed E-state index contributed by atoms with van der Waals surface area (Å²) in [6.45, 7) is 0. The maximum atomic E-state index is 12.8. The van der Waals surface area contributed by atoms with E-state index in [-0.39, 0.29) is 11.5 Å². The Kier molecular flexibility index (Phi) is 3.18. The first-order chi connectivity index (χ1) is 8.45. The van der Waals surface area contributed by atoms with Crippen LogP contribution in [0, 0.1) is 5.95 Å². The van der Waals surface area contributed by atoms with Crippen molar-refractivity contribution in [1.82, 2.24) is 4.98 Å². The summed E-state index contributed by atoms with van der Waals surface area (Å²) in [7, 11) is 0. The van der Waals surface area contributed by atoms with E-state index in [1.165, 1.54) is 18.2 Å². The zero-order valence-corrected chi connectivity index (χ0v) is 8.91. The van der Waals surface area contributed by atoms with E-state index in [1.807, 2.05) is 0 Å². The summed E-state index contributed by atoms with van der Waals surface area (Å²) < 4.78 is 55.2. The maximum Gasteiger partial charge on any atom is 0.416 e. The second-order valence-corrected chi connectivity index (χ2v) is 3.44. The molecule has 94 valence electrons. The number of pyridine rings is 1. The van der Waals surface area contributed by atoms with Crippen LogP contribution in [0.15, 0.2) is 42.6 Å². The van der Waals surface area contributed by atoms with Crippen molar-refractivity contribution in [3.05, 3.63) is 54.1 Å². The maximum absolute atomic E-state index is 12.8. The third-order valence-corrected chi connectivity index (χ3v) is 2.10. The van der Waals surface area contributed by atoms with E-state index in [2.05, 4.69) is 4.98 Å². The van der Waals surface area contributed by atoms with Crippen LogP contribution >= 0.6 is 0 Å². The summed E-state index contributed by atoms with van der Waals surface area (Å²) in [5, 5.41) is 0. The number of benzene rings is 1. The molecule has 0 spiro atoms. The molecule has 0 aliphatic heterocycles. The zero-order valence-electron chi connectivity index (χ0n) is 8.91. The Bertz CT molecular complexity index is 554. The summed E-state index contributed by atoms with van der Waals surface area (Å²) in [5.41, 5.74) is -0.825. The normalized spacial score (nSPS) is 11.3. The van der Waals surface area contributed by atoms with Gasteiger partial charge in [0.05, 0.1) is 5.56 Å². The van der Waals surface area contributed by atoms with Gasteiger partial charge in [-0.2, -0.15) is 17.6 Å². The standard InChI is InChI=1S/C12H7F4NO/c13-11-7-10(4-5-17-11)18-9-3-1-2-8(6-9)12(14,15)16/h1-7H. The van der Waals surface area contributed by atoms with Crippen LogP contribution < -0.4 is 4.74 Å². The molecule has 2 nitrogen and oxygen atoms in total. The van der Waals surface area contributed by atoms with Crippen molar-refractivity contribution in [1.29, 1.82) is 0 Å². The van der Waals surface area contributed by atoms with Gasteiger partial charge in [-0.3, -0.25) is 0 Å². The van der Waals surface area contributed by atoms with E-state index in [0.29, 0.717) is 0 Å². The van der Waals surface area contributed by atoms with Gasteiger partial charge in [-0.05, 0) is 24.3 Å². The first-order valence-electron chi connectivity index (χ1n) is 4.92. The third kappa shape index (κ3) is 2.97. The molecule has 0 radical (unpaired) electrons. The molecule has 0 bridgehead atoms. The van der Waals surface area contributed by atoms with Crippen LogP contribution in [0.2, 0.25) is 0 Å². The Morgan fingerprint density at radius 1 is 1.00 bits per heavy atom. The molecule has 1 aromatic heterocycles. The second-order valence-electron chi connectivity index (χ2n) is 3.44. The van der Waals surface area contributed by atoms with Crippen LogP contribution in [-0.4, -0.2) is 4.98 Å². The molecule has 0 fully saturated rings. The van der Waals surface area contributed by atoms with Crippen LogP contribution in [0.4, 0.5) is 17.6 Å². The van der Waals surface area contributed by atoms with Crippen molar-refractivity contribution in [3.63, 3.8) is 0 Å². The smallest absolute Gasteiger partial charge is 0.416 e. The number of ether oxygens (including phenoxy) is 1. The molecular formula is C12H7F4NO. The number of halogens is 4. The molecular weight excluding hydrogens is 250 g/mol. The minimum Gasteiger partial charge on any atom is -0.457 e. The lowest BCUT2D eigenvalue weighted by Crippen LogP contribution is -2.04. The Morgan fingerprint density at radius 3 is 2.39 bits per heavy atom. The van der Waals surface area contributed by atoms with Crippen molar-refractivity contribution in [2.24, 2.45) is 0 Å². The molecule has 1 heterocycles. The first kappa shape index (κ1) is 12.3. The summed E-state index contributed by atoms with van der Waals surface area (Å²) in [6, 6.07) is 6.69. The lowest BCUT2D eigenvalue weighted by atomic mass is 10.2. The van der Waals surface area contributed by atoms with Crippen molar-refractivity contribution in [2.45, 2.75) is 6.18 Å². The number of hydrogen-bond acceptors (Lipinski definition) is 2. The largest absolute Gasteiger partial charge is 0.457 e. The number of hydrogen-bond donors (Lipinski definition) is 0. The summed E-state index contributed by atoms with van der Waals surface area (Å²) in [4.78, 5) is 3.31. The fourth-order valence-electron chi connectivity index (χ4n) is 1.32. The Labute approximate surface area is 99.8 Å². The van der Waals surface area contributed by atoms with Gasteiger partial charge in [0.1, 0.15) is 11.5 Å². The van der Waals surface area contributed by atoms with Gasteiger partial charge in [-0.15, -0.1) is 0 Å². The highest BCUT2D eigenvalue weighted by Crippen LogP contribution is 2.32. The van der Waals surface area contributed by atoms with Crippen molar-refractivity contribution >= 4 is 0 Å². The number of alkyl halides is 3.